The Hall–Kier alpha value is -1.60. The van der Waals surface area contributed by atoms with Gasteiger partial charge in [0.15, 0.2) is 0 Å². The van der Waals surface area contributed by atoms with Crippen molar-refractivity contribution in [3.63, 3.8) is 0 Å². The van der Waals surface area contributed by atoms with E-state index in [9.17, 15) is 13.3 Å². The summed E-state index contributed by atoms with van der Waals surface area (Å²) in [6, 6.07) is 11.0. The van der Waals surface area contributed by atoms with E-state index in [1.807, 2.05) is 0 Å². The van der Waals surface area contributed by atoms with Crippen LogP contribution in [0.15, 0.2) is 48.5 Å². The first kappa shape index (κ1) is 10.9. The Kier molecular flexibility index (Phi) is 3.07. The third-order valence-corrected chi connectivity index (χ3v) is 3.58. The van der Waals surface area contributed by atoms with Crippen molar-refractivity contribution in [2.75, 3.05) is 0 Å². The zero-order valence-electron chi connectivity index (χ0n) is 8.23. The van der Waals surface area contributed by atoms with Crippen LogP contribution in [0.5, 0.6) is 0 Å². The van der Waals surface area contributed by atoms with Crippen LogP contribution in [-0.2, 0) is 4.57 Å². The topological polar surface area (TPSA) is 17.1 Å². The van der Waals surface area contributed by atoms with Gasteiger partial charge in [-0.15, -0.1) is 0 Å². The van der Waals surface area contributed by atoms with E-state index in [1.54, 1.807) is 12.1 Å². The highest BCUT2D eigenvalue weighted by molar-refractivity contribution is 7.61. The highest BCUT2D eigenvalue weighted by Crippen LogP contribution is 2.19. The quantitative estimate of drug-likeness (QED) is 0.734. The molecule has 2 rings (SSSR count). The second kappa shape index (κ2) is 4.50. The van der Waals surface area contributed by atoms with Gasteiger partial charge in [0.05, 0.1) is 0 Å². The van der Waals surface area contributed by atoms with Crippen molar-refractivity contribution < 1.29 is 13.3 Å². The minimum Gasteiger partial charge on any atom is -0.277 e. The second-order valence-electron chi connectivity index (χ2n) is 3.25. The van der Waals surface area contributed by atoms with Crippen LogP contribution in [0.3, 0.4) is 0 Å². The Balaban J connectivity index is 2.39. The van der Waals surface area contributed by atoms with Crippen LogP contribution in [0.1, 0.15) is 0 Å². The molecule has 0 aliphatic rings. The van der Waals surface area contributed by atoms with Gasteiger partial charge in [-0.05, 0) is 36.4 Å². The van der Waals surface area contributed by atoms with Crippen molar-refractivity contribution in [3.05, 3.63) is 60.2 Å². The van der Waals surface area contributed by atoms with Crippen molar-refractivity contribution in [2.45, 2.75) is 0 Å². The van der Waals surface area contributed by atoms with Crippen LogP contribution in [-0.4, -0.2) is 0 Å². The number of hydrogen-bond acceptors (Lipinski definition) is 1. The van der Waals surface area contributed by atoms with E-state index in [2.05, 4.69) is 0 Å². The number of benzene rings is 2. The Bertz CT molecular complexity index is 493. The molecule has 0 heterocycles. The van der Waals surface area contributed by atoms with Crippen molar-refractivity contribution in [1.82, 2.24) is 0 Å². The molecule has 0 spiro atoms. The van der Waals surface area contributed by atoms with Crippen LogP contribution in [0.25, 0.3) is 0 Å². The lowest BCUT2D eigenvalue weighted by Gasteiger charge is -2.01. The molecular weight excluding hydrogens is 229 g/mol. The lowest BCUT2D eigenvalue weighted by molar-refractivity contribution is 0.596. The third kappa shape index (κ3) is 2.31. The minimum atomic E-state index is -1.93. The highest BCUT2D eigenvalue weighted by atomic mass is 31.1. The molecule has 2 aromatic carbocycles. The Morgan fingerprint density at radius 3 is 1.62 bits per heavy atom. The van der Waals surface area contributed by atoms with E-state index < -0.39 is 19.4 Å². The number of hydrogen-bond donors (Lipinski definition) is 0. The van der Waals surface area contributed by atoms with Gasteiger partial charge in [0.2, 0.25) is 0 Å². The summed E-state index contributed by atoms with van der Waals surface area (Å²) < 4.78 is 37.8. The Morgan fingerprint density at radius 1 is 0.812 bits per heavy atom. The maximum atomic E-state index is 12.9. The second-order valence-corrected chi connectivity index (χ2v) is 4.88. The molecule has 0 aliphatic heterocycles. The summed E-state index contributed by atoms with van der Waals surface area (Å²) in [6.45, 7) is 0. The van der Waals surface area contributed by atoms with E-state index in [-0.39, 0.29) is 0 Å². The van der Waals surface area contributed by atoms with E-state index in [0.717, 1.165) is 0 Å². The summed E-state index contributed by atoms with van der Waals surface area (Å²) in [4.78, 5) is 0. The van der Waals surface area contributed by atoms with E-state index in [4.69, 9.17) is 0 Å². The number of halogens is 2. The van der Waals surface area contributed by atoms with Crippen LogP contribution >= 0.6 is 7.80 Å². The first-order valence-electron chi connectivity index (χ1n) is 4.65. The summed E-state index contributed by atoms with van der Waals surface area (Å²) in [6.07, 6.45) is 0. The van der Waals surface area contributed by atoms with Gasteiger partial charge in [0.1, 0.15) is 19.4 Å². The Labute approximate surface area is 92.5 Å². The molecule has 81 valence electrons. The van der Waals surface area contributed by atoms with Crippen molar-refractivity contribution >= 4 is 18.4 Å². The molecule has 0 fully saturated rings. The average Bonchev–Trinajstić information content (AvgIpc) is 2.28. The molecule has 0 bridgehead atoms. The normalized spacial score (nSPS) is 10.1. The lowest BCUT2D eigenvalue weighted by Crippen LogP contribution is -2.07. The maximum Gasteiger partial charge on any atom is 0.136 e. The zero-order valence-corrected chi connectivity index (χ0v) is 9.12. The number of rotatable bonds is 2. The van der Waals surface area contributed by atoms with Crippen LogP contribution in [0.4, 0.5) is 8.78 Å². The molecule has 0 amide bonds. The van der Waals surface area contributed by atoms with Gasteiger partial charge >= 0.3 is 0 Å². The largest absolute Gasteiger partial charge is 0.277 e. The summed E-state index contributed by atoms with van der Waals surface area (Å²) in [5.74, 6) is -0.894. The lowest BCUT2D eigenvalue weighted by atomic mass is 10.3. The average molecular weight is 237 g/mol. The van der Waals surface area contributed by atoms with Crippen molar-refractivity contribution in [2.24, 2.45) is 0 Å². The van der Waals surface area contributed by atoms with Gasteiger partial charge in [-0.3, -0.25) is 4.57 Å². The summed E-state index contributed by atoms with van der Waals surface area (Å²) >= 11 is 0. The molecule has 0 unspecified atom stereocenters. The fourth-order valence-electron chi connectivity index (χ4n) is 1.35. The van der Waals surface area contributed by atoms with Gasteiger partial charge in [0, 0.05) is 10.6 Å². The van der Waals surface area contributed by atoms with Gasteiger partial charge < -0.3 is 0 Å². The molecule has 0 saturated carbocycles. The summed E-state index contributed by atoms with van der Waals surface area (Å²) in [5, 5.41) is 0.723. The molecular formula is C12H8F2OP. The molecule has 1 nitrogen and oxygen atoms in total. The predicted octanol–water partition coefficient (Wildman–Crippen LogP) is 2.74. The molecule has 2 aromatic rings. The van der Waals surface area contributed by atoms with Gasteiger partial charge in [-0.25, -0.2) is 8.78 Å². The van der Waals surface area contributed by atoms with E-state index in [0.29, 0.717) is 10.6 Å². The van der Waals surface area contributed by atoms with Gasteiger partial charge in [-0.1, -0.05) is 12.1 Å². The fourth-order valence-corrected chi connectivity index (χ4v) is 2.58. The molecule has 16 heavy (non-hydrogen) atoms. The zero-order chi connectivity index (χ0) is 11.5. The van der Waals surface area contributed by atoms with Crippen LogP contribution in [0.2, 0.25) is 0 Å². The predicted molar refractivity (Wildman–Crippen MR) is 59.7 cm³/mol. The van der Waals surface area contributed by atoms with Gasteiger partial charge in [0.25, 0.3) is 0 Å². The highest BCUT2D eigenvalue weighted by Gasteiger charge is 2.09. The Morgan fingerprint density at radius 2 is 1.25 bits per heavy atom. The van der Waals surface area contributed by atoms with Gasteiger partial charge in [-0.2, -0.15) is 0 Å². The van der Waals surface area contributed by atoms with E-state index >= 15 is 0 Å². The third-order valence-electron chi connectivity index (χ3n) is 2.09. The SMILES string of the molecule is O=[P](c1cccc(F)c1)c1cccc(F)c1. The molecule has 0 aliphatic carbocycles. The van der Waals surface area contributed by atoms with E-state index in [1.165, 1.54) is 36.4 Å². The standard InChI is InChI=1S/C12H8F2OP/c13-9-3-1-5-11(7-9)16(15)12-6-2-4-10(14)8-12/h1-8H. The molecule has 0 saturated heterocycles. The van der Waals surface area contributed by atoms with Crippen molar-refractivity contribution in [1.29, 1.82) is 0 Å². The summed E-state index contributed by atoms with van der Waals surface area (Å²) in [5.41, 5.74) is 0. The fraction of sp³-hybridized carbons (Fsp3) is 0. The monoisotopic (exact) mass is 237 g/mol. The molecule has 0 N–H and O–H groups in total. The first-order chi connectivity index (χ1) is 7.66. The summed E-state index contributed by atoms with van der Waals surface area (Å²) in [7, 11) is -1.93. The smallest absolute Gasteiger partial charge is 0.136 e. The minimum absolute atomic E-state index is 0.362. The molecule has 0 aromatic heterocycles. The molecule has 0 atom stereocenters. The maximum absolute atomic E-state index is 12.9. The van der Waals surface area contributed by atoms with Crippen LogP contribution in [0, 0.1) is 11.6 Å². The van der Waals surface area contributed by atoms with Crippen LogP contribution < -0.4 is 10.6 Å². The molecule has 4 heteroatoms. The van der Waals surface area contributed by atoms with Crippen molar-refractivity contribution in [3.8, 4) is 0 Å². The molecule has 1 radical (unpaired) electrons. The first-order valence-corrected chi connectivity index (χ1v) is 5.91.